The van der Waals surface area contributed by atoms with Gasteiger partial charge in [-0.25, -0.2) is 14.6 Å². The molecule has 0 bridgehead atoms. The highest BCUT2D eigenvalue weighted by atomic mass is 35.5. The number of amides is 1. The van der Waals surface area contributed by atoms with E-state index in [1.807, 2.05) is 66.7 Å². The number of rotatable bonds is 7. The lowest BCUT2D eigenvalue weighted by Gasteiger charge is -2.12. The smallest absolute Gasteiger partial charge is 0.234 e. The van der Waals surface area contributed by atoms with Crippen LogP contribution in [0.2, 0.25) is 5.02 Å². The average molecular weight is 488 g/mol. The van der Waals surface area contributed by atoms with E-state index in [1.165, 1.54) is 18.1 Å². The lowest BCUT2D eigenvalue weighted by atomic mass is 10.3. The summed E-state index contributed by atoms with van der Waals surface area (Å²) in [6, 6.07) is 24.1. The van der Waals surface area contributed by atoms with Gasteiger partial charge in [0.2, 0.25) is 5.91 Å². The molecule has 0 atom stereocenters. The van der Waals surface area contributed by atoms with Gasteiger partial charge in [-0.2, -0.15) is 5.10 Å². The molecule has 0 fully saturated rings. The largest absolute Gasteiger partial charge is 0.455 e. The predicted molar refractivity (Wildman–Crippen MR) is 134 cm³/mol. The van der Waals surface area contributed by atoms with Crippen LogP contribution in [0.25, 0.3) is 16.7 Å². The summed E-state index contributed by atoms with van der Waals surface area (Å²) >= 11 is 7.64. The van der Waals surface area contributed by atoms with Gasteiger partial charge in [-0.1, -0.05) is 65.8 Å². The molecule has 0 saturated heterocycles. The van der Waals surface area contributed by atoms with Crippen molar-refractivity contribution in [2.75, 3.05) is 11.1 Å². The van der Waals surface area contributed by atoms with E-state index in [9.17, 15) is 4.79 Å². The summed E-state index contributed by atoms with van der Waals surface area (Å²) in [6.07, 6.45) is 3.14. The number of halogens is 1. The van der Waals surface area contributed by atoms with Crippen LogP contribution in [0.1, 0.15) is 0 Å². The zero-order valence-electron chi connectivity index (χ0n) is 17.8. The van der Waals surface area contributed by atoms with Crippen LogP contribution in [0.4, 0.5) is 5.69 Å². The molecule has 0 unspecified atom stereocenters. The molecule has 5 aromatic rings. The predicted octanol–water partition coefficient (Wildman–Crippen LogP) is 5.99. The SMILES string of the molecule is O=C(CSc1ncnc2c1cnn2-c1ccccc1Cl)Nc1ccccc1Oc1ccccc1. The molecule has 0 aliphatic heterocycles. The number of benzene rings is 3. The van der Waals surface area contributed by atoms with E-state index >= 15 is 0 Å². The van der Waals surface area contributed by atoms with Crippen LogP contribution in [0.3, 0.4) is 0 Å². The van der Waals surface area contributed by atoms with Crippen molar-refractivity contribution >= 4 is 46.0 Å². The van der Waals surface area contributed by atoms with Crippen molar-refractivity contribution in [3.05, 3.63) is 96.4 Å². The highest BCUT2D eigenvalue weighted by Crippen LogP contribution is 2.31. The molecule has 0 radical (unpaired) electrons. The maximum atomic E-state index is 12.7. The van der Waals surface area contributed by atoms with Gasteiger partial charge in [-0.15, -0.1) is 0 Å². The summed E-state index contributed by atoms with van der Waals surface area (Å²) in [4.78, 5) is 21.4. The van der Waals surface area contributed by atoms with Gasteiger partial charge in [-0.05, 0) is 36.4 Å². The van der Waals surface area contributed by atoms with Crippen LogP contribution < -0.4 is 10.1 Å². The number of nitrogens with one attached hydrogen (secondary N) is 1. The van der Waals surface area contributed by atoms with Gasteiger partial charge in [0.25, 0.3) is 0 Å². The normalized spacial score (nSPS) is 10.9. The topological polar surface area (TPSA) is 81.9 Å². The molecule has 0 spiro atoms. The zero-order valence-corrected chi connectivity index (χ0v) is 19.3. The summed E-state index contributed by atoms with van der Waals surface area (Å²) in [6.45, 7) is 0. The molecule has 0 aliphatic carbocycles. The van der Waals surface area contributed by atoms with E-state index in [4.69, 9.17) is 16.3 Å². The molecule has 1 amide bonds. The van der Waals surface area contributed by atoms with Crippen LogP contribution in [0, 0.1) is 0 Å². The first-order chi connectivity index (χ1) is 16.7. The number of thioether (sulfide) groups is 1. The van der Waals surface area contributed by atoms with E-state index in [0.717, 1.165) is 11.1 Å². The number of hydrogen-bond acceptors (Lipinski definition) is 6. The quantitative estimate of drug-likeness (QED) is 0.224. The first-order valence-corrected chi connectivity index (χ1v) is 11.7. The second kappa shape index (κ2) is 9.94. The third-order valence-corrected chi connectivity index (χ3v) is 6.21. The second-order valence-electron chi connectivity index (χ2n) is 7.17. The number of carbonyl (C=O) groups excluding carboxylic acids is 1. The molecule has 168 valence electrons. The minimum absolute atomic E-state index is 0.156. The van der Waals surface area contributed by atoms with Crippen molar-refractivity contribution in [2.24, 2.45) is 0 Å². The Hall–Kier alpha value is -3.88. The molecule has 0 aliphatic rings. The van der Waals surface area contributed by atoms with E-state index in [2.05, 4.69) is 20.4 Å². The number of carbonyl (C=O) groups is 1. The molecule has 9 heteroatoms. The van der Waals surface area contributed by atoms with Crippen LogP contribution in [-0.2, 0) is 4.79 Å². The highest BCUT2D eigenvalue weighted by Gasteiger charge is 2.15. The molecule has 2 aromatic heterocycles. The van der Waals surface area contributed by atoms with Gasteiger partial charge in [0.15, 0.2) is 11.4 Å². The van der Waals surface area contributed by atoms with E-state index < -0.39 is 0 Å². The molecule has 2 heterocycles. The van der Waals surface area contributed by atoms with Crippen molar-refractivity contribution < 1.29 is 9.53 Å². The number of aromatic nitrogens is 4. The highest BCUT2D eigenvalue weighted by molar-refractivity contribution is 8.00. The monoisotopic (exact) mass is 487 g/mol. The lowest BCUT2D eigenvalue weighted by Crippen LogP contribution is -2.14. The lowest BCUT2D eigenvalue weighted by molar-refractivity contribution is -0.113. The summed E-state index contributed by atoms with van der Waals surface area (Å²) in [7, 11) is 0. The number of anilines is 1. The summed E-state index contributed by atoms with van der Waals surface area (Å²) in [5.74, 6) is 1.23. The number of ether oxygens (including phenoxy) is 1. The van der Waals surface area contributed by atoms with Crippen LogP contribution in [0.5, 0.6) is 11.5 Å². The van der Waals surface area contributed by atoms with Gasteiger partial charge in [0.05, 0.1) is 33.7 Å². The molecule has 3 aromatic carbocycles. The Morgan fingerprint density at radius 3 is 2.59 bits per heavy atom. The molecule has 34 heavy (non-hydrogen) atoms. The number of para-hydroxylation sites is 4. The minimum Gasteiger partial charge on any atom is -0.455 e. The third kappa shape index (κ3) is 4.73. The average Bonchev–Trinajstić information content (AvgIpc) is 3.29. The van der Waals surface area contributed by atoms with Crippen molar-refractivity contribution in [1.82, 2.24) is 19.7 Å². The van der Waals surface area contributed by atoms with Gasteiger partial charge in [0.1, 0.15) is 17.1 Å². The Kier molecular flexibility index (Phi) is 6.42. The Morgan fingerprint density at radius 2 is 1.74 bits per heavy atom. The fourth-order valence-electron chi connectivity index (χ4n) is 3.33. The maximum absolute atomic E-state index is 12.7. The summed E-state index contributed by atoms with van der Waals surface area (Å²) in [5.41, 5.74) is 1.94. The third-order valence-electron chi connectivity index (χ3n) is 4.88. The summed E-state index contributed by atoms with van der Waals surface area (Å²) in [5, 5.41) is 9.32. The standard InChI is InChI=1S/C25H18ClN5O2S/c26-19-10-4-6-12-21(19)31-24-18(14-29-31)25(28-16-27-24)34-15-23(32)30-20-11-5-7-13-22(20)33-17-8-2-1-3-9-17/h1-14,16H,15H2,(H,30,32). The van der Waals surface area contributed by atoms with Gasteiger partial charge >= 0.3 is 0 Å². The number of nitrogens with zero attached hydrogens (tertiary/aromatic N) is 4. The Bertz CT molecular complexity index is 1460. The molecule has 5 rings (SSSR count). The summed E-state index contributed by atoms with van der Waals surface area (Å²) < 4.78 is 7.59. The van der Waals surface area contributed by atoms with Gasteiger partial charge in [-0.3, -0.25) is 4.79 Å². The van der Waals surface area contributed by atoms with Crippen molar-refractivity contribution in [2.45, 2.75) is 5.03 Å². The van der Waals surface area contributed by atoms with Gasteiger partial charge in [0, 0.05) is 0 Å². The van der Waals surface area contributed by atoms with Crippen LogP contribution in [-0.4, -0.2) is 31.4 Å². The van der Waals surface area contributed by atoms with E-state index in [-0.39, 0.29) is 11.7 Å². The first kappa shape index (κ1) is 21.9. The number of hydrogen-bond donors (Lipinski definition) is 1. The first-order valence-electron chi connectivity index (χ1n) is 10.4. The molecule has 7 nitrogen and oxygen atoms in total. The molecule has 0 saturated carbocycles. The fraction of sp³-hybridized carbons (Fsp3) is 0.0400. The molecular formula is C25H18ClN5O2S. The zero-order chi connectivity index (χ0) is 23.3. The van der Waals surface area contributed by atoms with Gasteiger partial charge < -0.3 is 10.1 Å². The maximum Gasteiger partial charge on any atom is 0.234 e. The van der Waals surface area contributed by atoms with Crippen molar-refractivity contribution in [3.63, 3.8) is 0 Å². The Balaban J connectivity index is 1.30. The van der Waals surface area contributed by atoms with Crippen molar-refractivity contribution in [1.29, 1.82) is 0 Å². The van der Waals surface area contributed by atoms with E-state index in [1.54, 1.807) is 23.0 Å². The van der Waals surface area contributed by atoms with E-state index in [0.29, 0.717) is 32.9 Å². The second-order valence-corrected chi connectivity index (χ2v) is 8.54. The van der Waals surface area contributed by atoms with Crippen LogP contribution >= 0.6 is 23.4 Å². The van der Waals surface area contributed by atoms with Crippen molar-refractivity contribution in [3.8, 4) is 17.2 Å². The Labute approximate surface area is 204 Å². The minimum atomic E-state index is -0.181. The Morgan fingerprint density at radius 1 is 0.971 bits per heavy atom. The fourth-order valence-corrected chi connectivity index (χ4v) is 4.31. The molecule has 1 N–H and O–H groups in total. The molecular weight excluding hydrogens is 470 g/mol. The van der Waals surface area contributed by atoms with Crippen LogP contribution in [0.15, 0.2) is 96.4 Å². The number of fused-ring (bicyclic) bond motifs is 1.